The van der Waals surface area contributed by atoms with Gasteiger partial charge in [-0.25, -0.2) is 0 Å². The van der Waals surface area contributed by atoms with Crippen molar-refractivity contribution in [1.29, 1.82) is 0 Å². The molecule has 0 aliphatic rings. The minimum Gasteiger partial charge on any atom is -0.497 e. The summed E-state index contributed by atoms with van der Waals surface area (Å²) in [5, 5.41) is 20.4. The highest BCUT2D eigenvalue weighted by Gasteiger charge is 2.12. The quantitative estimate of drug-likeness (QED) is 0.247. The molecule has 29 heavy (non-hydrogen) atoms. The summed E-state index contributed by atoms with van der Waals surface area (Å²) in [6.45, 7) is 2.27. The van der Waals surface area contributed by atoms with Crippen LogP contribution in [0, 0.1) is 0 Å². The van der Waals surface area contributed by atoms with Crippen LogP contribution >= 0.6 is 0 Å². The zero-order chi connectivity index (χ0) is 21.2. The Morgan fingerprint density at radius 1 is 0.690 bits per heavy atom. The lowest BCUT2D eigenvalue weighted by Gasteiger charge is -2.16. The second-order valence-electron chi connectivity index (χ2n) is 8.61. The molecule has 0 radical (unpaired) electrons. The van der Waals surface area contributed by atoms with E-state index in [1.807, 2.05) is 24.3 Å². The molecule has 3 heteroatoms. The summed E-state index contributed by atoms with van der Waals surface area (Å²) in [6.07, 6.45) is 18.0. The molecule has 0 aromatic heterocycles. The molecule has 2 atom stereocenters. The highest BCUT2D eigenvalue weighted by molar-refractivity contribution is 5.27. The van der Waals surface area contributed by atoms with Gasteiger partial charge in [-0.15, -0.1) is 0 Å². The first-order chi connectivity index (χ1) is 14.2. The predicted octanol–water partition coefficient (Wildman–Crippen LogP) is 6.83. The van der Waals surface area contributed by atoms with Crippen molar-refractivity contribution in [3.63, 3.8) is 0 Å². The van der Waals surface area contributed by atoms with Crippen LogP contribution in [-0.2, 0) is 6.42 Å². The molecule has 0 aliphatic heterocycles. The lowest BCUT2D eigenvalue weighted by molar-refractivity contribution is 0.0697. The third kappa shape index (κ3) is 14.5. The molecule has 1 rings (SSSR count). The van der Waals surface area contributed by atoms with Crippen molar-refractivity contribution in [3.05, 3.63) is 29.8 Å². The SMILES string of the molecule is CCCCCCCCCCCCCC[C@@H](O)C[C@H](O)CCc1ccc(OC)cc1. The molecule has 2 N–H and O–H groups in total. The maximum absolute atomic E-state index is 10.2. The zero-order valence-electron chi connectivity index (χ0n) is 19.1. The molecule has 0 aliphatic carbocycles. The van der Waals surface area contributed by atoms with Crippen LogP contribution in [-0.4, -0.2) is 29.5 Å². The number of hydrogen-bond acceptors (Lipinski definition) is 3. The van der Waals surface area contributed by atoms with E-state index in [1.165, 1.54) is 76.2 Å². The van der Waals surface area contributed by atoms with Crippen LogP contribution in [0.5, 0.6) is 5.75 Å². The Labute approximate surface area is 179 Å². The number of aliphatic hydroxyl groups excluding tert-OH is 2. The van der Waals surface area contributed by atoms with Gasteiger partial charge in [-0.1, -0.05) is 96.1 Å². The van der Waals surface area contributed by atoms with Gasteiger partial charge in [0.15, 0.2) is 0 Å². The Kier molecular flexibility index (Phi) is 15.9. The van der Waals surface area contributed by atoms with E-state index in [1.54, 1.807) is 7.11 Å². The summed E-state index contributed by atoms with van der Waals surface area (Å²) < 4.78 is 5.16. The largest absolute Gasteiger partial charge is 0.497 e. The lowest BCUT2D eigenvalue weighted by Crippen LogP contribution is -2.18. The van der Waals surface area contributed by atoms with E-state index in [0.717, 1.165) is 25.0 Å². The number of rotatable bonds is 19. The number of hydrogen-bond donors (Lipinski definition) is 2. The molecule has 1 aromatic carbocycles. The second-order valence-corrected chi connectivity index (χ2v) is 8.61. The van der Waals surface area contributed by atoms with E-state index in [9.17, 15) is 10.2 Å². The van der Waals surface area contributed by atoms with Crippen molar-refractivity contribution in [2.75, 3.05) is 7.11 Å². The lowest BCUT2D eigenvalue weighted by atomic mass is 9.99. The van der Waals surface area contributed by atoms with Crippen LogP contribution in [0.1, 0.15) is 109 Å². The smallest absolute Gasteiger partial charge is 0.118 e. The summed E-state index contributed by atoms with van der Waals surface area (Å²) >= 11 is 0. The number of benzene rings is 1. The Bertz CT molecular complexity index is 471. The highest BCUT2D eigenvalue weighted by atomic mass is 16.5. The monoisotopic (exact) mass is 406 g/mol. The van der Waals surface area contributed by atoms with Crippen LogP contribution in [0.2, 0.25) is 0 Å². The van der Waals surface area contributed by atoms with Gasteiger partial charge in [0, 0.05) is 0 Å². The molecule has 0 spiro atoms. The van der Waals surface area contributed by atoms with Crippen molar-refractivity contribution in [1.82, 2.24) is 0 Å². The molecule has 0 heterocycles. The van der Waals surface area contributed by atoms with Gasteiger partial charge in [-0.3, -0.25) is 0 Å². The molecular weight excluding hydrogens is 360 g/mol. The van der Waals surface area contributed by atoms with Crippen molar-refractivity contribution >= 4 is 0 Å². The van der Waals surface area contributed by atoms with Gasteiger partial charge in [-0.05, 0) is 43.4 Å². The average molecular weight is 407 g/mol. The van der Waals surface area contributed by atoms with E-state index in [-0.39, 0.29) is 6.10 Å². The summed E-state index contributed by atoms with van der Waals surface area (Å²) in [5.41, 5.74) is 1.19. The van der Waals surface area contributed by atoms with E-state index < -0.39 is 6.10 Å². The summed E-state index contributed by atoms with van der Waals surface area (Å²) in [4.78, 5) is 0. The van der Waals surface area contributed by atoms with Gasteiger partial charge in [0.2, 0.25) is 0 Å². The van der Waals surface area contributed by atoms with Crippen molar-refractivity contribution in [3.8, 4) is 5.75 Å². The third-order valence-corrected chi connectivity index (χ3v) is 5.86. The van der Waals surface area contributed by atoms with E-state index in [0.29, 0.717) is 12.8 Å². The Morgan fingerprint density at radius 2 is 1.17 bits per heavy atom. The van der Waals surface area contributed by atoms with Crippen LogP contribution in [0.4, 0.5) is 0 Å². The van der Waals surface area contributed by atoms with E-state index in [2.05, 4.69) is 6.92 Å². The second kappa shape index (κ2) is 17.8. The molecule has 168 valence electrons. The number of ether oxygens (including phenoxy) is 1. The average Bonchev–Trinajstić information content (AvgIpc) is 2.73. The van der Waals surface area contributed by atoms with Crippen molar-refractivity contribution in [2.45, 2.75) is 122 Å². The molecule has 0 fully saturated rings. The fourth-order valence-electron chi connectivity index (χ4n) is 3.90. The van der Waals surface area contributed by atoms with Gasteiger partial charge in [-0.2, -0.15) is 0 Å². The Balaban J connectivity index is 1.93. The number of methoxy groups -OCH3 is 1. The molecule has 1 aromatic rings. The molecule has 0 saturated heterocycles. The zero-order valence-corrected chi connectivity index (χ0v) is 19.1. The van der Waals surface area contributed by atoms with Crippen LogP contribution in [0.25, 0.3) is 0 Å². The van der Waals surface area contributed by atoms with Crippen LogP contribution in [0.15, 0.2) is 24.3 Å². The summed E-state index contributed by atoms with van der Waals surface area (Å²) in [5.74, 6) is 0.854. The van der Waals surface area contributed by atoms with Gasteiger partial charge >= 0.3 is 0 Å². The first-order valence-corrected chi connectivity index (χ1v) is 12.1. The molecule has 0 bridgehead atoms. The van der Waals surface area contributed by atoms with E-state index in [4.69, 9.17) is 4.74 Å². The maximum atomic E-state index is 10.2. The number of aliphatic hydroxyl groups is 2. The number of unbranched alkanes of at least 4 members (excludes halogenated alkanes) is 11. The molecule has 3 nitrogen and oxygen atoms in total. The van der Waals surface area contributed by atoms with Gasteiger partial charge in [0.25, 0.3) is 0 Å². The van der Waals surface area contributed by atoms with E-state index >= 15 is 0 Å². The molecule has 0 unspecified atom stereocenters. The van der Waals surface area contributed by atoms with Gasteiger partial charge in [0.05, 0.1) is 19.3 Å². The van der Waals surface area contributed by atoms with Gasteiger partial charge < -0.3 is 14.9 Å². The van der Waals surface area contributed by atoms with Crippen LogP contribution < -0.4 is 4.74 Å². The Morgan fingerprint density at radius 3 is 1.69 bits per heavy atom. The molecule has 0 saturated carbocycles. The predicted molar refractivity (Wildman–Crippen MR) is 124 cm³/mol. The molecule has 0 amide bonds. The minimum atomic E-state index is -0.426. The molecular formula is C26H46O3. The fourth-order valence-corrected chi connectivity index (χ4v) is 3.90. The highest BCUT2D eigenvalue weighted by Crippen LogP contribution is 2.17. The Hall–Kier alpha value is -1.06. The fraction of sp³-hybridized carbons (Fsp3) is 0.769. The summed E-state index contributed by atoms with van der Waals surface area (Å²) in [6, 6.07) is 7.97. The van der Waals surface area contributed by atoms with Crippen molar-refractivity contribution in [2.24, 2.45) is 0 Å². The summed E-state index contributed by atoms with van der Waals surface area (Å²) in [7, 11) is 1.66. The minimum absolute atomic E-state index is 0.371. The topological polar surface area (TPSA) is 49.7 Å². The first kappa shape index (κ1) is 26.0. The van der Waals surface area contributed by atoms with Crippen LogP contribution in [0.3, 0.4) is 0 Å². The van der Waals surface area contributed by atoms with Crippen molar-refractivity contribution < 1.29 is 14.9 Å². The standard InChI is InChI=1S/C26H46O3/c1-3-4-5-6-7-8-9-10-11-12-13-14-15-24(27)22-25(28)19-16-23-17-20-26(29-2)21-18-23/h17-18,20-21,24-25,27-28H,3-16,19,22H2,1-2H3/t24-,25-/m1/s1. The normalized spacial score (nSPS) is 13.4. The first-order valence-electron chi connectivity index (χ1n) is 12.1. The number of aryl methyl sites for hydroxylation is 1. The van der Waals surface area contributed by atoms with Gasteiger partial charge in [0.1, 0.15) is 5.75 Å². The third-order valence-electron chi connectivity index (χ3n) is 5.86. The maximum Gasteiger partial charge on any atom is 0.118 e.